The molecule has 6 aromatic rings. The van der Waals surface area contributed by atoms with Gasteiger partial charge in [-0.15, -0.1) is 0 Å². The van der Waals surface area contributed by atoms with Gasteiger partial charge in [0.25, 0.3) is 17.7 Å². The zero-order valence-electron chi connectivity index (χ0n) is 71.5. The van der Waals surface area contributed by atoms with Gasteiger partial charge in [0, 0.05) is 58.9 Å². The molecule has 0 aliphatic heterocycles. The van der Waals surface area contributed by atoms with Crippen molar-refractivity contribution in [1.29, 1.82) is 0 Å². The molecule has 3 amide bonds. The maximum Gasteiger partial charge on any atom is 0.475 e. The highest BCUT2D eigenvalue weighted by atomic mass is 35.5. The molecule has 22 nitrogen and oxygen atoms in total. The van der Waals surface area contributed by atoms with Crippen LogP contribution in [0, 0.1) is 0 Å². The summed E-state index contributed by atoms with van der Waals surface area (Å²) in [5.41, 5.74) is 6.87. The van der Waals surface area contributed by atoms with Crippen LogP contribution in [0.1, 0.15) is 95.7 Å². The number of benzene rings is 6. The summed E-state index contributed by atoms with van der Waals surface area (Å²) in [6.45, 7) is 17.2. The second kappa shape index (κ2) is 51.1. The van der Waals surface area contributed by atoms with Gasteiger partial charge < -0.3 is 72.0 Å². The Bertz CT molecular complexity index is 3740. The number of carbonyl (C=O) groups is 3. The lowest BCUT2D eigenvalue weighted by Crippen LogP contribution is -2.40. The molecule has 0 aliphatic carbocycles. The first kappa shape index (κ1) is 97.3. The van der Waals surface area contributed by atoms with Crippen molar-refractivity contribution >= 4 is 60.3 Å². The number of nitrogens with zero attached hydrogens (tertiary/aromatic N) is 6. The van der Waals surface area contributed by atoms with E-state index in [1.165, 1.54) is 0 Å². The zero-order chi connectivity index (χ0) is 84.9. The standard InChI is InChI=1S/C90H126Cl3N6O16P/c1-19-97(20-2)88(100)85(91)64(7)82(113-76(55-94(10)11)58-107-79-43-28-25-37-70(79)49-46-67-34-31-40-73(52-67)104-16)61-110-116(103,111-62-83(65(8)86(92)89(101)98(21-3)22-4)114-77(56-95(12)13)59-108-80-44-29-26-38-71(80)50-47-68-35-32-41-74(53-68)105-17)112-63-84(66(9)87(93)90(102)99(23-5)24-6)115-78(57-96(14)15)60-109-81-45-30-27-39-72(81)51-48-69-36-33-42-75(54-69)106-18/h25-45,52-54,76-78,82-84H,19-24,46-51,55-63H2,1-18H3/b85-64-,86-65-,87-66+/t76-,77-,78-,82?,83?,84?,116?/m0/s1. The van der Waals surface area contributed by atoms with Crippen LogP contribution < -0.4 is 28.4 Å². The lowest BCUT2D eigenvalue weighted by atomic mass is 10.0. The molecule has 6 aromatic carbocycles. The second-order valence-electron chi connectivity index (χ2n) is 29.1. The van der Waals surface area contributed by atoms with Crippen LogP contribution in [0.5, 0.6) is 34.5 Å². The summed E-state index contributed by atoms with van der Waals surface area (Å²) in [5, 5.41) is -0.466. The molecule has 0 fully saturated rings. The molecule has 6 rings (SSSR count). The number of phosphoric acid groups is 1. The average Bonchev–Trinajstić information content (AvgIpc) is 0.826. The third-order valence-corrected chi connectivity index (χ3v) is 22.6. The average molecular weight is 1690 g/mol. The van der Waals surface area contributed by atoms with Crippen molar-refractivity contribution in [2.24, 2.45) is 0 Å². The molecule has 26 heteroatoms. The summed E-state index contributed by atoms with van der Waals surface area (Å²) in [6, 6.07) is 47.3. The van der Waals surface area contributed by atoms with Crippen LogP contribution in [0.25, 0.3) is 0 Å². The molecule has 0 heterocycles. The molecule has 0 N–H and O–H groups in total. The number of aryl methyl sites for hydroxylation is 6. The lowest BCUT2D eigenvalue weighted by molar-refractivity contribution is -0.127. The third-order valence-electron chi connectivity index (χ3n) is 19.8. The Morgan fingerprint density at radius 2 is 0.603 bits per heavy atom. The molecule has 0 aromatic heterocycles. The molecule has 0 aliphatic rings. The van der Waals surface area contributed by atoms with E-state index in [0.717, 1.165) is 50.6 Å². The van der Waals surface area contributed by atoms with E-state index in [9.17, 15) is 14.4 Å². The maximum absolute atomic E-state index is 16.8. The monoisotopic (exact) mass is 1680 g/mol. The summed E-state index contributed by atoms with van der Waals surface area (Å²) >= 11 is 21.8. The van der Waals surface area contributed by atoms with Crippen LogP contribution in [0.15, 0.2) is 177 Å². The Labute approximate surface area is 705 Å². The highest BCUT2D eigenvalue weighted by molar-refractivity contribution is 7.48. The minimum absolute atomic E-state index is 0.000895. The van der Waals surface area contributed by atoms with E-state index in [0.29, 0.717) is 95.0 Å². The van der Waals surface area contributed by atoms with Crippen LogP contribution in [-0.4, -0.2) is 246 Å². The number of halogens is 3. The number of carbonyl (C=O) groups excluding carboxylic acids is 3. The number of methoxy groups -OCH3 is 3. The Balaban J connectivity index is 1.49. The predicted molar refractivity (Wildman–Crippen MR) is 464 cm³/mol. The van der Waals surface area contributed by atoms with E-state index in [1.807, 2.05) is 226 Å². The Kier molecular flexibility index (Phi) is 42.8. The molecule has 638 valence electrons. The molecule has 0 saturated heterocycles. The Morgan fingerprint density at radius 3 is 0.836 bits per heavy atom. The number of para-hydroxylation sites is 3. The third kappa shape index (κ3) is 31.7. The predicted octanol–water partition coefficient (Wildman–Crippen LogP) is 15.9. The molecular formula is C90H126Cl3N6O16P. The molecule has 0 radical (unpaired) electrons. The highest BCUT2D eigenvalue weighted by Crippen LogP contribution is 2.51. The van der Waals surface area contributed by atoms with Crippen molar-refractivity contribution in [3.63, 3.8) is 0 Å². The van der Waals surface area contributed by atoms with Crippen LogP contribution in [0.2, 0.25) is 0 Å². The van der Waals surface area contributed by atoms with Crippen molar-refractivity contribution in [2.45, 2.75) is 137 Å². The fourth-order valence-electron chi connectivity index (χ4n) is 13.0. The van der Waals surface area contributed by atoms with Gasteiger partial charge in [-0.3, -0.25) is 28.0 Å². The number of hydrogen-bond acceptors (Lipinski definition) is 19. The van der Waals surface area contributed by atoms with Crippen LogP contribution in [0.4, 0.5) is 0 Å². The summed E-state index contributed by atoms with van der Waals surface area (Å²) < 4.78 is 95.2. The number of amides is 3. The number of phosphoric ester groups is 1. The molecule has 0 spiro atoms. The molecule has 6 atom stereocenters. The Hall–Kier alpha value is -7.51. The van der Waals surface area contributed by atoms with Crippen LogP contribution >= 0.6 is 42.6 Å². The number of likely N-dealkylation sites (N-methyl/N-ethyl adjacent to an activating group) is 6. The molecule has 0 saturated carbocycles. The quantitative estimate of drug-likeness (QED) is 0.0258. The largest absolute Gasteiger partial charge is 0.497 e. The topological polar surface area (TPSA) is 198 Å². The lowest BCUT2D eigenvalue weighted by Gasteiger charge is -2.32. The van der Waals surface area contributed by atoms with Gasteiger partial charge in [0.15, 0.2) is 0 Å². The SMILES string of the molecule is CCN(CC)C(=O)/C(Cl)=C(\C)C(COP(=O)(OCC(O[C@H](COc1ccccc1CCc1cccc(OC)c1)CN(C)C)/C(C)=C(\Cl)C(=O)N(CC)CC)OCC(O[C@H](COc1ccccc1CCc1cccc(OC)c1)CN(C)C)/C(C)=C(/Cl)C(=O)N(CC)CC)O[C@H](COc1ccccc1CCc1cccc(OC)c1)CN(C)C. The number of ether oxygens (including phenoxy) is 9. The van der Waals surface area contributed by atoms with E-state index in [1.54, 1.807) is 56.8 Å². The summed E-state index contributed by atoms with van der Waals surface area (Å²) in [7, 11) is 11.1. The fourth-order valence-corrected chi connectivity index (χ4v) is 14.9. The normalized spacial score (nSPS) is 14.4. The first-order valence-corrected chi connectivity index (χ1v) is 42.7. The number of rotatable bonds is 54. The van der Waals surface area contributed by atoms with E-state index >= 15 is 4.57 Å². The van der Waals surface area contributed by atoms with Crippen molar-refractivity contribution in [3.05, 3.63) is 211 Å². The van der Waals surface area contributed by atoms with E-state index in [-0.39, 0.29) is 71.3 Å². The van der Waals surface area contributed by atoms with Gasteiger partial charge in [0.05, 0.1) is 41.2 Å². The van der Waals surface area contributed by atoms with Crippen molar-refractivity contribution in [3.8, 4) is 34.5 Å². The molecule has 3 unspecified atom stereocenters. The fraction of sp³-hybridized carbons (Fsp3) is 0.500. The van der Waals surface area contributed by atoms with Crippen LogP contribution in [0.3, 0.4) is 0 Å². The maximum atomic E-state index is 16.8. The molecular weight excluding hydrogens is 1560 g/mol. The van der Waals surface area contributed by atoms with Crippen molar-refractivity contribution in [1.82, 2.24) is 29.4 Å². The van der Waals surface area contributed by atoms with Crippen molar-refractivity contribution in [2.75, 3.05) is 162 Å². The smallest absolute Gasteiger partial charge is 0.475 e. The minimum Gasteiger partial charge on any atom is -0.497 e. The first-order valence-electron chi connectivity index (χ1n) is 40.1. The first-order chi connectivity index (χ1) is 55.6. The number of hydrogen-bond donors (Lipinski definition) is 0. The van der Waals surface area contributed by atoms with Crippen LogP contribution in [-0.2, 0) is 85.3 Å². The zero-order valence-corrected chi connectivity index (χ0v) is 74.6. The van der Waals surface area contributed by atoms with Gasteiger partial charge in [0.2, 0.25) is 0 Å². The Morgan fingerprint density at radius 1 is 0.353 bits per heavy atom. The highest BCUT2D eigenvalue weighted by Gasteiger charge is 2.38. The summed E-state index contributed by atoms with van der Waals surface area (Å²) in [6.07, 6.45) is -2.03. The van der Waals surface area contributed by atoms with Gasteiger partial charge in [-0.2, -0.15) is 0 Å². The van der Waals surface area contributed by atoms with Gasteiger partial charge in [-0.25, -0.2) is 4.57 Å². The van der Waals surface area contributed by atoms with E-state index < -0.39 is 82.0 Å². The van der Waals surface area contributed by atoms with E-state index in [4.69, 9.17) is 91.0 Å². The van der Waals surface area contributed by atoms with Gasteiger partial charge in [-0.05, 0) is 248 Å². The second-order valence-corrected chi connectivity index (χ2v) is 31.9. The van der Waals surface area contributed by atoms with Gasteiger partial charge >= 0.3 is 7.82 Å². The molecule has 0 bridgehead atoms. The van der Waals surface area contributed by atoms with E-state index in [2.05, 4.69) is 18.2 Å². The molecule has 116 heavy (non-hydrogen) atoms. The van der Waals surface area contributed by atoms with Crippen molar-refractivity contribution < 1.29 is 75.2 Å². The summed E-state index contributed by atoms with van der Waals surface area (Å²) in [5.74, 6) is 2.79. The van der Waals surface area contributed by atoms with Gasteiger partial charge in [-0.1, -0.05) is 126 Å². The summed E-state index contributed by atoms with van der Waals surface area (Å²) in [4.78, 5) is 54.0. The van der Waals surface area contributed by atoms with Gasteiger partial charge in [0.1, 0.15) is 106 Å². The minimum atomic E-state index is -5.16.